The number of rotatable bonds is 7. The lowest BCUT2D eigenvalue weighted by Crippen LogP contribution is -2.11. The number of nitrogens with one attached hydrogen (secondary N) is 2. The molecule has 0 fully saturated rings. The third-order valence-electron chi connectivity index (χ3n) is 3.70. The third kappa shape index (κ3) is 4.84. The van der Waals surface area contributed by atoms with Crippen LogP contribution in [0.5, 0.6) is 0 Å². The number of thiophene rings is 1. The summed E-state index contributed by atoms with van der Waals surface area (Å²) < 4.78 is 27.6. The Labute approximate surface area is 152 Å². The summed E-state index contributed by atoms with van der Waals surface area (Å²) in [6.45, 7) is 2.71. The molecule has 2 N–H and O–H groups in total. The lowest BCUT2D eigenvalue weighted by Gasteiger charge is -2.09. The van der Waals surface area contributed by atoms with Gasteiger partial charge in [-0.25, -0.2) is 8.42 Å². The molecule has 0 aliphatic carbocycles. The Morgan fingerprint density at radius 3 is 2.20 bits per heavy atom. The Morgan fingerprint density at radius 1 is 0.880 bits per heavy atom. The van der Waals surface area contributed by atoms with E-state index >= 15 is 0 Å². The van der Waals surface area contributed by atoms with Gasteiger partial charge in [-0.1, -0.05) is 30.3 Å². The van der Waals surface area contributed by atoms with Gasteiger partial charge in [-0.3, -0.25) is 4.72 Å². The van der Waals surface area contributed by atoms with E-state index in [0.717, 1.165) is 23.5 Å². The minimum Gasteiger partial charge on any atom is -0.385 e. The first-order valence-corrected chi connectivity index (χ1v) is 10.3. The van der Waals surface area contributed by atoms with Crippen LogP contribution >= 0.6 is 11.3 Å². The Morgan fingerprint density at radius 2 is 1.56 bits per heavy atom. The van der Waals surface area contributed by atoms with E-state index in [1.165, 1.54) is 16.9 Å². The fraction of sp³-hybridized carbons (Fsp3) is 0.158. The molecule has 0 bridgehead atoms. The van der Waals surface area contributed by atoms with Gasteiger partial charge in [0.25, 0.3) is 10.0 Å². The molecule has 0 aliphatic heterocycles. The van der Waals surface area contributed by atoms with Crippen molar-refractivity contribution in [3.05, 3.63) is 77.2 Å². The topological polar surface area (TPSA) is 58.2 Å². The van der Waals surface area contributed by atoms with Gasteiger partial charge in [0.2, 0.25) is 0 Å². The Hall–Kier alpha value is -2.31. The van der Waals surface area contributed by atoms with Crippen LogP contribution in [0, 0.1) is 6.92 Å². The van der Waals surface area contributed by atoms with Gasteiger partial charge < -0.3 is 5.32 Å². The quantitative estimate of drug-likeness (QED) is 0.641. The van der Waals surface area contributed by atoms with Crippen molar-refractivity contribution >= 4 is 32.7 Å². The molecule has 0 saturated heterocycles. The van der Waals surface area contributed by atoms with Crippen LogP contribution < -0.4 is 10.0 Å². The number of benzene rings is 2. The second kappa shape index (κ2) is 7.72. The van der Waals surface area contributed by atoms with Gasteiger partial charge in [0.15, 0.2) is 0 Å². The van der Waals surface area contributed by atoms with Crippen molar-refractivity contribution in [1.82, 2.24) is 0 Å². The molecule has 6 heteroatoms. The van der Waals surface area contributed by atoms with Crippen LogP contribution in [0.3, 0.4) is 0 Å². The van der Waals surface area contributed by atoms with Crippen molar-refractivity contribution in [3.63, 3.8) is 0 Å². The number of sulfonamides is 1. The van der Waals surface area contributed by atoms with E-state index in [1.807, 2.05) is 37.3 Å². The number of aryl methyl sites for hydroxylation is 1. The van der Waals surface area contributed by atoms with Crippen molar-refractivity contribution in [2.24, 2.45) is 0 Å². The van der Waals surface area contributed by atoms with Crippen molar-refractivity contribution in [1.29, 1.82) is 0 Å². The maximum absolute atomic E-state index is 12.3. The molecule has 0 spiro atoms. The Balaban J connectivity index is 1.57. The van der Waals surface area contributed by atoms with E-state index in [2.05, 4.69) is 22.2 Å². The van der Waals surface area contributed by atoms with E-state index in [0.29, 0.717) is 9.90 Å². The standard InChI is InChI=1S/C19H20N2O2S2/c1-15-7-12-19(24-15)25(22,23)21-18-10-8-17(9-11-18)20-14-13-16-5-3-2-4-6-16/h2-12,20-21H,13-14H2,1H3. The first-order chi connectivity index (χ1) is 12.0. The summed E-state index contributed by atoms with van der Waals surface area (Å²) in [5, 5.41) is 3.34. The molecular formula is C19H20N2O2S2. The van der Waals surface area contributed by atoms with Crippen molar-refractivity contribution in [3.8, 4) is 0 Å². The van der Waals surface area contributed by atoms with E-state index in [4.69, 9.17) is 0 Å². The van der Waals surface area contributed by atoms with Gasteiger partial charge in [-0.15, -0.1) is 11.3 Å². The van der Waals surface area contributed by atoms with Crippen molar-refractivity contribution in [2.45, 2.75) is 17.6 Å². The summed E-state index contributed by atoms with van der Waals surface area (Å²) in [5.74, 6) is 0. The van der Waals surface area contributed by atoms with Crippen LogP contribution in [0.2, 0.25) is 0 Å². The van der Waals surface area contributed by atoms with Crippen LogP contribution in [0.15, 0.2) is 70.9 Å². The first-order valence-electron chi connectivity index (χ1n) is 8.00. The molecule has 0 amide bonds. The molecule has 1 aromatic heterocycles. The summed E-state index contributed by atoms with van der Waals surface area (Å²) in [5.41, 5.74) is 2.80. The highest BCUT2D eigenvalue weighted by Crippen LogP contribution is 2.24. The van der Waals surface area contributed by atoms with E-state index in [-0.39, 0.29) is 0 Å². The molecular weight excluding hydrogens is 352 g/mol. The molecule has 0 unspecified atom stereocenters. The van der Waals surface area contributed by atoms with E-state index in [1.54, 1.807) is 24.3 Å². The normalized spacial score (nSPS) is 11.2. The van der Waals surface area contributed by atoms with Gasteiger partial charge in [-0.2, -0.15) is 0 Å². The second-order valence-electron chi connectivity index (χ2n) is 5.71. The summed E-state index contributed by atoms with van der Waals surface area (Å²) in [6.07, 6.45) is 0.937. The van der Waals surface area contributed by atoms with E-state index < -0.39 is 10.0 Å². The Bertz CT molecular complexity index is 918. The highest BCUT2D eigenvalue weighted by atomic mass is 32.2. The predicted octanol–water partition coefficient (Wildman–Crippen LogP) is 4.51. The van der Waals surface area contributed by atoms with Crippen molar-refractivity contribution < 1.29 is 8.42 Å². The van der Waals surface area contributed by atoms with Crippen LogP contribution in [0.25, 0.3) is 0 Å². The number of hydrogen-bond acceptors (Lipinski definition) is 4. The lowest BCUT2D eigenvalue weighted by atomic mass is 10.1. The molecule has 0 saturated carbocycles. The van der Waals surface area contributed by atoms with Gasteiger partial charge in [0.05, 0.1) is 0 Å². The maximum atomic E-state index is 12.3. The molecule has 0 aliphatic rings. The van der Waals surface area contributed by atoms with Gasteiger partial charge in [0, 0.05) is 22.8 Å². The van der Waals surface area contributed by atoms with Crippen LogP contribution in [0.4, 0.5) is 11.4 Å². The highest BCUT2D eigenvalue weighted by Gasteiger charge is 2.16. The largest absolute Gasteiger partial charge is 0.385 e. The molecule has 25 heavy (non-hydrogen) atoms. The van der Waals surface area contributed by atoms with Gasteiger partial charge >= 0.3 is 0 Å². The van der Waals surface area contributed by atoms with Crippen LogP contribution in [0.1, 0.15) is 10.4 Å². The second-order valence-corrected chi connectivity index (χ2v) is 8.91. The van der Waals surface area contributed by atoms with Crippen LogP contribution in [-0.2, 0) is 16.4 Å². The minimum atomic E-state index is -3.51. The third-order valence-corrected chi connectivity index (χ3v) is 6.58. The van der Waals surface area contributed by atoms with E-state index in [9.17, 15) is 8.42 Å². The van der Waals surface area contributed by atoms with Gasteiger partial charge in [0.1, 0.15) is 4.21 Å². The molecule has 3 aromatic rings. The maximum Gasteiger partial charge on any atom is 0.271 e. The molecule has 130 valence electrons. The molecule has 3 rings (SSSR count). The lowest BCUT2D eigenvalue weighted by molar-refractivity contribution is 0.603. The summed E-state index contributed by atoms with van der Waals surface area (Å²) in [7, 11) is -3.51. The summed E-state index contributed by atoms with van der Waals surface area (Å²) in [4.78, 5) is 0.971. The number of hydrogen-bond donors (Lipinski definition) is 2. The molecule has 1 heterocycles. The fourth-order valence-electron chi connectivity index (χ4n) is 2.41. The zero-order valence-electron chi connectivity index (χ0n) is 13.9. The average molecular weight is 373 g/mol. The predicted molar refractivity (Wildman–Crippen MR) is 105 cm³/mol. The van der Waals surface area contributed by atoms with Gasteiger partial charge in [-0.05, 0) is 55.3 Å². The summed E-state index contributed by atoms with van der Waals surface area (Å²) >= 11 is 1.26. The molecule has 0 atom stereocenters. The minimum absolute atomic E-state index is 0.329. The molecule has 4 nitrogen and oxygen atoms in total. The number of anilines is 2. The smallest absolute Gasteiger partial charge is 0.271 e. The van der Waals surface area contributed by atoms with Crippen molar-refractivity contribution in [2.75, 3.05) is 16.6 Å². The fourth-order valence-corrected chi connectivity index (χ4v) is 4.76. The zero-order valence-corrected chi connectivity index (χ0v) is 15.5. The van der Waals surface area contributed by atoms with Crippen LogP contribution in [-0.4, -0.2) is 15.0 Å². The highest BCUT2D eigenvalue weighted by molar-refractivity contribution is 7.94. The monoisotopic (exact) mass is 372 g/mol. The average Bonchev–Trinajstić information content (AvgIpc) is 3.05. The summed E-state index contributed by atoms with van der Waals surface area (Å²) in [6, 6.07) is 21.0. The molecule has 0 radical (unpaired) electrons. The SMILES string of the molecule is Cc1ccc(S(=O)(=O)Nc2ccc(NCCc3ccccc3)cc2)s1. The zero-order chi connectivity index (χ0) is 17.7. The Kier molecular flexibility index (Phi) is 5.40. The molecule has 2 aromatic carbocycles. The first kappa shape index (κ1) is 17.5.